The van der Waals surface area contributed by atoms with Crippen molar-refractivity contribution in [2.24, 2.45) is 5.92 Å². The van der Waals surface area contributed by atoms with Gasteiger partial charge in [-0.25, -0.2) is 4.39 Å². The van der Waals surface area contributed by atoms with E-state index in [0.29, 0.717) is 30.1 Å². The largest absolute Gasteiger partial charge is 0.396 e. The van der Waals surface area contributed by atoms with Gasteiger partial charge in [-0.1, -0.05) is 24.0 Å². The third-order valence-corrected chi connectivity index (χ3v) is 4.51. The van der Waals surface area contributed by atoms with Crippen molar-refractivity contribution in [2.45, 2.75) is 12.8 Å². The Morgan fingerprint density at radius 1 is 1.08 bits per heavy atom. The van der Waals surface area contributed by atoms with Gasteiger partial charge in [0.05, 0.1) is 5.56 Å². The second-order valence-electron chi connectivity index (χ2n) is 6.23. The third kappa shape index (κ3) is 4.26. The summed E-state index contributed by atoms with van der Waals surface area (Å²) in [5, 5.41) is 9.17. The van der Waals surface area contributed by atoms with Crippen molar-refractivity contribution in [2.75, 3.05) is 19.7 Å². The summed E-state index contributed by atoms with van der Waals surface area (Å²) >= 11 is 0. The number of hydrogen-bond donors (Lipinski definition) is 1. The summed E-state index contributed by atoms with van der Waals surface area (Å²) in [6.07, 6.45) is 1.68. The first kappa shape index (κ1) is 17.2. The Labute approximate surface area is 147 Å². The van der Waals surface area contributed by atoms with Crippen LogP contribution in [-0.4, -0.2) is 35.6 Å². The molecule has 0 aliphatic carbocycles. The fourth-order valence-electron chi connectivity index (χ4n) is 2.90. The Hall–Kier alpha value is -2.64. The van der Waals surface area contributed by atoms with Crippen LogP contribution in [-0.2, 0) is 0 Å². The highest BCUT2D eigenvalue weighted by atomic mass is 19.1. The number of nitrogens with zero attached hydrogens (tertiary/aromatic N) is 1. The van der Waals surface area contributed by atoms with Crippen molar-refractivity contribution >= 4 is 5.91 Å². The summed E-state index contributed by atoms with van der Waals surface area (Å²) in [7, 11) is 0. The predicted octanol–water partition coefficient (Wildman–Crippen LogP) is 3.07. The van der Waals surface area contributed by atoms with Gasteiger partial charge in [0, 0.05) is 30.8 Å². The van der Waals surface area contributed by atoms with Crippen molar-refractivity contribution in [1.82, 2.24) is 4.90 Å². The van der Waals surface area contributed by atoms with E-state index >= 15 is 0 Å². The van der Waals surface area contributed by atoms with Crippen molar-refractivity contribution < 1.29 is 14.3 Å². The van der Waals surface area contributed by atoms with Crippen LogP contribution in [0.1, 0.15) is 34.3 Å². The van der Waals surface area contributed by atoms with Crippen LogP contribution in [0.2, 0.25) is 0 Å². The molecule has 3 rings (SSSR count). The zero-order chi connectivity index (χ0) is 17.6. The lowest BCUT2D eigenvalue weighted by Crippen LogP contribution is -2.39. The highest BCUT2D eigenvalue weighted by Crippen LogP contribution is 2.18. The van der Waals surface area contributed by atoms with Crippen LogP contribution in [0.4, 0.5) is 4.39 Å². The molecular formula is C21H20FNO2. The maximum Gasteiger partial charge on any atom is 0.253 e. The molecule has 25 heavy (non-hydrogen) atoms. The molecule has 0 atom stereocenters. The van der Waals surface area contributed by atoms with E-state index in [2.05, 4.69) is 11.8 Å². The van der Waals surface area contributed by atoms with E-state index in [9.17, 15) is 14.3 Å². The van der Waals surface area contributed by atoms with E-state index in [0.717, 1.165) is 18.4 Å². The second-order valence-corrected chi connectivity index (χ2v) is 6.23. The average molecular weight is 337 g/mol. The maximum atomic E-state index is 13.6. The molecule has 2 aromatic rings. The summed E-state index contributed by atoms with van der Waals surface area (Å²) in [5.74, 6) is 5.70. The molecule has 3 nitrogen and oxygen atoms in total. The summed E-state index contributed by atoms with van der Waals surface area (Å²) in [5.41, 5.74) is 1.71. The number of carbonyl (C=O) groups is 1. The van der Waals surface area contributed by atoms with Crippen molar-refractivity contribution in [3.05, 3.63) is 71.0 Å². The van der Waals surface area contributed by atoms with E-state index in [1.54, 1.807) is 42.5 Å². The Kier molecular flexibility index (Phi) is 5.47. The van der Waals surface area contributed by atoms with Gasteiger partial charge in [0.25, 0.3) is 5.91 Å². The molecule has 1 fully saturated rings. The smallest absolute Gasteiger partial charge is 0.253 e. The van der Waals surface area contributed by atoms with Crippen molar-refractivity contribution in [1.29, 1.82) is 0 Å². The lowest BCUT2D eigenvalue weighted by molar-refractivity contribution is 0.0651. The van der Waals surface area contributed by atoms with Gasteiger partial charge in [0.15, 0.2) is 0 Å². The molecule has 1 aliphatic rings. The van der Waals surface area contributed by atoms with E-state index in [-0.39, 0.29) is 18.3 Å². The molecule has 128 valence electrons. The molecule has 1 saturated heterocycles. The van der Waals surface area contributed by atoms with Crippen LogP contribution in [0.15, 0.2) is 48.5 Å². The summed E-state index contributed by atoms with van der Waals surface area (Å²) in [6, 6.07) is 13.5. The van der Waals surface area contributed by atoms with Gasteiger partial charge in [-0.15, -0.1) is 0 Å². The Bertz CT molecular complexity index is 797. The maximum absolute atomic E-state index is 13.6. The third-order valence-electron chi connectivity index (χ3n) is 4.51. The number of halogens is 1. The number of likely N-dealkylation sites (tertiary alicyclic amines) is 1. The molecule has 2 aromatic carbocycles. The first-order chi connectivity index (χ1) is 12.2. The van der Waals surface area contributed by atoms with Gasteiger partial charge in [0.1, 0.15) is 5.82 Å². The van der Waals surface area contributed by atoms with Crippen LogP contribution in [0.3, 0.4) is 0 Å². The van der Waals surface area contributed by atoms with Crippen LogP contribution in [0, 0.1) is 23.6 Å². The first-order valence-electron chi connectivity index (χ1n) is 8.44. The van der Waals surface area contributed by atoms with E-state index in [1.807, 2.05) is 4.90 Å². The number of carbonyl (C=O) groups excluding carboxylic acids is 1. The number of aliphatic hydroxyl groups excluding tert-OH is 1. The normalized spacial score (nSPS) is 14.7. The van der Waals surface area contributed by atoms with E-state index in [4.69, 9.17) is 0 Å². The zero-order valence-electron chi connectivity index (χ0n) is 13.9. The van der Waals surface area contributed by atoms with Gasteiger partial charge in [-0.05, 0) is 55.2 Å². The van der Waals surface area contributed by atoms with Gasteiger partial charge in [-0.2, -0.15) is 0 Å². The minimum Gasteiger partial charge on any atom is -0.396 e. The number of benzene rings is 2. The highest BCUT2D eigenvalue weighted by molar-refractivity contribution is 5.94. The fraction of sp³-hybridized carbons (Fsp3) is 0.286. The minimum absolute atomic E-state index is 0.00463. The molecular weight excluding hydrogens is 317 g/mol. The minimum atomic E-state index is -0.340. The predicted molar refractivity (Wildman–Crippen MR) is 94.5 cm³/mol. The van der Waals surface area contributed by atoms with Crippen molar-refractivity contribution in [3.8, 4) is 11.8 Å². The monoisotopic (exact) mass is 337 g/mol. The molecule has 0 spiro atoms. The van der Waals surface area contributed by atoms with Gasteiger partial charge in [0.2, 0.25) is 0 Å². The lowest BCUT2D eigenvalue weighted by atomic mass is 9.97. The number of hydrogen-bond acceptors (Lipinski definition) is 2. The molecule has 1 aliphatic heterocycles. The number of piperidine rings is 1. The van der Waals surface area contributed by atoms with Crippen LogP contribution in [0.5, 0.6) is 0 Å². The van der Waals surface area contributed by atoms with E-state index < -0.39 is 0 Å². The van der Waals surface area contributed by atoms with Crippen LogP contribution >= 0.6 is 0 Å². The van der Waals surface area contributed by atoms with Gasteiger partial charge < -0.3 is 10.0 Å². The van der Waals surface area contributed by atoms with Crippen LogP contribution < -0.4 is 0 Å². The molecule has 0 saturated carbocycles. The molecule has 0 radical (unpaired) electrons. The van der Waals surface area contributed by atoms with Crippen LogP contribution in [0.25, 0.3) is 0 Å². The topological polar surface area (TPSA) is 40.5 Å². The quantitative estimate of drug-likeness (QED) is 0.856. The first-order valence-corrected chi connectivity index (χ1v) is 8.44. The second kappa shape index (κ2) is 7.96. The summed E-state index contributed by atoms with van der Waals surface area (Å²) in [6.45, 7) is 1.55. The molecule has 0 unspecified atom stereocenters. The van der Waals surface area contributed by atoms with E-state index in [1.165, 1.54) is 6.07 Å². The highest BCUT2D eigenvalue weighted by Gasteiger charge is 2.22. The molecule has 1 amide bonds. The molecule has 0 bridgehead atoms. The molecule has 4 heteroatoms. The number of rotatable bonds is 2. The molecule has 0 aromatic heterocycles. The number of aliphatic hydroxyl groups is 1. The molecule has 1 heterocycles. The van der Waals surface area contributed by atoms with Gasteiger partial charge in [-0.3, -0.25) is 4.79 Å². The summed E-state index contributed by atoms with van der Waals surface area (Å²) in [4.78, 5) is 14.3. The average Bonchev–Trinajstić information content (AvgIpc) is 2.67. The standard InChI is InChI=1S/C21H20FNO2/c22-20-4-2-1-3-18(20)8-5-16-6-9-19(10-7-16)21(25)23-13-11-17(15-24)12-14-23/h1-4,6-7,9-10,17,24H,11-15H2. The zero-order valence-corrected chi connectivity index (χ0v) is 13.9. The lowest BCUT2D eigenvalue weighted by Gasteiger charge is -2.31. The Balaban J connectivity index is 1.67. The summed E-state index contributed by atoms with van der Waals surface area (Å²) < 4.78 is 13.6. The Morgan fingerprint density at radius 3 is 2.40 bits per heavy atom. The fourth-order valence-corrected chi connectivity index (χ4v) is 2.90. The van der Waals surface area contributed by atoms with Crippen molar-refractivity contribution in [3.63, 3.8) is 0 Å². The van der Waals surface area contributed by atoms with Gasteiger partial charge >= 0.3 is 0 Å². The molecule has 1 N–H and O–H groups in total. The number of amides is 1. The SMILES string of the molecule is O=C(c1ccc(C#Cc2ccccc2F)cc1)N1CCC(CO)CC1. The Morgan fingerprint density at radius 2 is 1.76 bits per heavy atom.